The van der Waals surface area contributed by atoms with Crippen LogP contribution in [0.15, 0.2) is 58.6 Å². The second-order valence-corrected chi connectivity index (χ2v) is 6.27. The van der Waals surface area contributed by atoms with Crippen LogP contribution in [0.3, 0.4) is 0 Å². The van der Waals surface area contributed by atoms with Gasteiger partial charge in [0.25, 0.3) is 17.4 Å². The number of Topliss-reactive ketones (excluding diaryl/α,β-unsaturated/α-hetero) is 1. The highest BCUT2D eigenvalue weighted by molar-refractivity contribution is 9.10. The fourth-order valence-electron chi connectivity index (χ4n) is 2.60. The molecule has 0 spiro atoms. The van der Waals surface area contributed by atoms with Gasteiger partial charge < -0.3 is 10.4 Å². The molecule has 2 aromatic carbocycles. The zero-order valence-electron chi connectivity index (χ0n) is 12.6. The van der Waals surface area contributed by atoms with E-state index in [9.17, 15) is 24.8 Å². The lowest BCUT2D eigenvalue weighted by molar-refractivity contribution is -0.384. The van der Waals surface area contributed by atoms with Gasteiger partial charge >= 0.3 is 0 Å². The van der Waals surface area contributed by atoms with Crippen molar-refractivity contribution in [2.75, 3.05) is 0 Å². The second-order valence-electron chi connectivity index (χ2n) is 5.36. The number of nitrogens with one attached hydrogen (secondary N) is 1. The minimum Gasteiger partial charge on any atom is -0.507 e. The summed E-state index contributed by atoms with van der Waals surface area (Å²) >= 11 is 3.27. The molecule has 2 aromatic rings. The topological polar surface area (TPSA) is 110 Å². The first-order chi connectivity index (χ1) is 11.9. The van der Waals surface area contributed by atoms with Crippen molar-refractivity contribution < 1.29 is 19.6 Å². The maximum atomic E-state index is 12.2. The molecule has 0 saturated carbocycles. The molecule has 8 heteroatoms. The van der Waals surface area contributed by atoms with Crippen LogP contribution >= 0.6 is 15.9 Å². The molecule has 7 nitrogen and oxygen atoms in total. The number of rotatable bonds is 3. The fraction of sp³-hybridized carbons (Fsp3) is 0.0588. The maximum Gasteiger partial charge on any atom is 0.293 e. The third-order valence-electron chi connectivity index (χ3n) is 3.80. The van der Waals surface area contributed by atoms with E-state index < -0.39 is 22.7 Å². The summed E-state index contributed by atoms with van der Waals surface area (Å²) in [5.74, 6) is -2.07. The van der Waals surface area contributed by atoms with E-state index in [-0.39, 0.29) is 17.0 Å². The molecule has 1 aliphatic heterocycles. The molecular formula is C17H11BrN2O5. The maximum absolute atomic E-state index is 12.2. The van der Waals surface area contributed by atoms with Crippen molar-refractivity contribution in [3.05, 3.63) is 79.8 Å². The van der Waals surface area contributed by atoms with Crippen LogP contribution in [-0.4, -0.2) is 21.7 Å². The van der Waals surface area contributed by atoms with Gasteiger partial charge in [-0.2, -0.15) is 0 Å². The highest BCUT2D eigenvalue weighted by atomic mass is 79.9. The van der Waals surface area contributed by atoms with E-state index in [0.29, 0.717) is 11.1 Å². The van der Waals surface area contributed by atoms with E-state index in [4.69, 9.17) is 0 Å². The SMILES string of the molecule is O=C1N[C@H](c2cccc([N+](=O)[O-])c2)C(=C(O)c2ccc(Br)cc2)C1=O. The number of aliphatic hydroxyl groups excluding tert-OH is 1. The summed E-state index contributed by atoms with van der Waals surface area (Å²) in [5.41, 5.74) is 0.395. The van der Waals surface area contributed by atoms with Crippen molar-refractivity contribution in [3.63, 3.8) is 0 Å². The van der Waals surface area contributed by atoms with Crippen molar-refractivity contribution in [3.8, 4) is 0 Å². The number of carbonyl (C=O) groups excluding carboxylic acids is 2. The molecule has 1 aliphatic rings. The standard InChI is InChI=1S/C17H11BrN2O5/c18-11-6-4-9(5-7-11)15(21)13-14(19-17(23)16(13)22)10-2-1-3-12(8-10)20(24)25/h1-8,14,21H,(H,19,23)/t14-/m1/s1. The molecule has 0 aliphatic carbocycles. The Bertz CT molecular complexity index is 921. The highest BCUT2D eigenvalue weighted by Gasteiger charge is 2.39. The minimum atomic E-state index is -0.955. The summed E-state index contributed by atoms with van der Waals surface area (Å²) in [4.78, 5) is 34.4. The number of benzene rings is 2. The van der Waals surface area contributed by atoms with Gasteiger partial charge in [0.1, 0.15) is 5.76 Å². The van der Waals surface area contributed by atoms with Crippen LogP contribution in [0.2, 0.25) is 0 Å². The zero-order chi connectivity index (χ0) is 18.1. The molecule has 0 bridgehead atoms. The number of amides is 1. The number of hydrogen-bond donors (Lipinski definition) is 2. The quantitative estimate of drug-likeness (QED) is 0.269. The smallest absolute Gasteiger partial charge is 0.293 e. The summed E-state index contributed by atoms with van der Waals surface area (Å²) in [6.07, 6.45) is 0. The number of nitrogens with zero attached hydrogens (tertiary/aromatic N) is 1. The predicted molar refractivity (Wildman–Crippen MR) is 92.7 cm³/mol. The van der Waals surface area contributed by atoms with E-state index >= 15 is 0 Å². The van der Waals surface area contributed by atoms with Crippen LogP contribution in [0.5, 0.6) is 0 Å². The van der Waals surface area contributed by atoms with Gasteiger partial charge in [-0.25, -0.2) is 0 Å². The first-order valence-electron chi connectivity index (χ1n) is 7.17. The Balaban J connectivity index is 2.12. The summed E-state index contributed by atoms with van der Waals surface area (Å²) in [6, 6.07) is 11.2. The molecule has 3 rings (SSSR count). The molecule has 0 unspecified atom stereocenters. The summed E-state index contributed by atoms with van der Waals surface area (Å²) in [5, 5.41) is 23.9. The number of aliphatic hydroxyl groups is 1. The second kappa shape index (κ2) is 6.48. The molecule has 1 atom stereocenters. The first-order valence-corrected chi connectivity index (χ1v) is 7.96. The van der Waals surface area contributed by atoms with Crippen LogP contribution in [0.1, 0.15) is 17.2 Å². The number of halogens is 1. The van der Waals surface area contributed by atoms with Crippen molar-refractivity contribution in [1.82, 2.24) is 5.32 Å². The Hall–Kier alpha value is -3.00. The molecule has 1 saturated heterocycles. The Labute approximate surface area is 150 Å². The average molecular weight is 403 g/mol. The minimum absolute atomic E-state index is 0.132. The van der Waals surface area contributed by atoms with Crippen LogP contribution < -0.4 is 5.32 Å². The van der Waals surface area contributed by atoms with Gasteiger partial charge in [0, 0.05) is 22.2 Å². The highest BCUT2D eigenvalue weighted by Crippen LogP contribution is 2.34. The van der Waals surface area contributed by atoms with E-state index in [0.717, 1.165) is 4.47 Å². The van der Waals surface area contributed by atoms with E-state index in [2.05, 4.69) is 21.2 Å². The van der Waals surface area contributed by atoms with Crippen molar-refractivity contribution in [1.29, 1.82) is 0 Å². The molecule has 0 radical (unpaired) electrons. The molecule has 2 N–H and O–H groups in total. The Morgan fingerprint density at radius 3 is 2.48 bits per heavy atom. The number of nitro benzene ring substituents is 1. The fourth-order valence-corrected chi connectivity index (χ4v) is 2.86. The number of nitro groups is 1. The molecular weight excluding hydrogens is 392 g/mol. The Morgan fingerprint density at radius 1 is 1.16 bits per heavy atom. The van der Waals surface area contributed by atoms with Crippen LogP contribution in [0, 0.1) is 10.1 Å². The normalized spacial score (nSPS) is 18.8. The summed E-state index contributed by atoms with van der Waals surface area (Å²) in [7, 11) is 0. The lowest BCUT2D eigenvalue weighted by Gasteiger charge is -2.13. The number of hydrogen-bond acceptors (Lipinski definition) is 5. The van der Waals surface area contributed by atoms with E-state index in [1.54, 1.807) is 30.3 Å². The van der Waals surface area contributed by atoms with Crippen molar-refractivity contribution in [2.24, 2.45) is 0 Å². The molecule has 1 amide bonds. The van der Waals surface area contributed by atoms with Crippen LogP contribution in [-0.2, 0) is 9.59 Å². The van der Waals surface area contributed by atoms with Gasteiger partial charge in [-0.3, -0.25) is 19.7 Å². The zero-order valence-corrected chi connectivity index (χ0v) is 14.2. The van der Waals surface area contributed by atoms with Crippen molar-refractivity contribution in [2.45, 2.75) is 6.04 Å². The molecule has 1 heterocycles. The van der Waals surface area contributed by atoms with E-state index in [1.807, 2.05) is 0 Å². The Morgan fingerprint density at radius 2 is 1.84 bits per heavy atom. The van der Waals surface area contributed by atoms with Gasteiger partial charge in [0.2, 0.25) is 0 Å². The van der Waals surface area contributed by atoms with Crippen molar-refractivity contribution >= 4 is 39.1 Å². The molecule has 126 valence electrons. The molecule has 25 heavy (non-hydrogen) atoms. The lowest BCUT2D eigenvalue weighted by Crippen LogP contribution is -2.21. The van der Waals surface area contributed by atoms with Gasteiger partial charge in [-0.15, -0.1) is 0 Å². The Kier molecular flexibility index (Phi) is 4.37. The lowest BCUT2D eigenvalue weighted by atomic mass is 9.95. The summed E-state index contributed by atoms with van der Waals surface area (Å²) < 4.78 is 0.788. The van der Waals surface area contributed by atoms with Crippen LogP contribution in [0.4, 0.5) is 5.69 Å². The van der Waals surface area contributed by atoms with E-state index in [1.165, 1.54) is 18.2 Å². The number of carbonyl (C=O) groups is 2. The predicted octanol–water partition coefficient (Wildman–Crippen LogP) is 3.07. The first kappa shape index (κ1) is 16.8. The number of ketones is 1. The monoisotopic (exact) mass is 402 g/mol. The summed E-state index contributed by atoms with van der Waals surface area (Å²) in [6.45, 7) is 0. The largest absolute Gasteiger partial charge is 0.507 e. The van der Waals surface area contributed by atoms with Crippen LogP contribution in [0.25, 0.3) is 5.76 Å². The van der Waals surface area contributed by atoms with Gasteiger partial charge in [0.15, 0.2) is 0 Å². The molecule has 0 aromatic heterocycles. The van der Waals surface area contributed by atoms with Gasteiger partial charge in [0.05, 0.1) is 16.5 Å². The van der Waals surface area contributed by atoms with Gasteiger partial charge in [-0.1, -0.05) is 40.2 Å². The molecule has 1 fully saturated rings. The average Bonchev–Trinajstić information content (AvgIpc) is 2.90. The van der Waals surface area contributed by atoms with Gasteiger partial charge in [-0.05, 0) is 17.7 Å². The third-order valence-corrected chi connectivity index (χ3v) is 4.33. The third kappa shape index (κ3) is 3.16. The number of non-ortho nitro benzene ring substituents is 1.